The number of ether oxygens (including phenoxy) is 1. The van der Waals surface area contributed by atoms with E-state index in [1.54, 1.807) is 6.07 Å². The lowest BCUT2D eigenvalue weighted by molar-refractivity contribution is -0.116. The molecule has 28 heavy (non-hydrogen) atoms. The van der Waals surface area contributed by atoms with Crippen LogP contribution >= 0.6 is 15.9 Å². The largest absolute Gasteiger partial charge is 0.378 e. The number of nitrogens with one attached hydrogen (secondary N) is 2. The zero-order valence-corrected chi connectivity index (χ0v) is 17.4. The molecular weight excluding hydrogens is 422 g/mol. The molecule has 2 aromatic carbocycles. The van der Waals surface area contributed by atoms with Crippen LogP contribution in [0.1, 0.15) is 22.3 Å². The Balaban J connectivity index is 1.57. The summed E-state index contributed by atoms with van der Waals surface area (Å²) in [6, 6.07) is 13.2. The summed E-state index contributed by atoms with van der Waals surface area (Å²) in [5.41, 5.74) is 3.27. The summed E-state index contributed by atoms with van der Waals surface area (Å²) in [4.78, 5) is 26.9. The van der Waals surface area contributed by atoms with Crippen LogP contribution in [0.4, 0.5) is 11.4 Å². The molecule has 0 unspecified atom stereocenters. The number of hydrogen-bond donors (Lipinski definition) is 2. The van der Waals surface area contributed by atoms with E-state index in [-0.39, 0.29) is 24.8 Å². The van der Waals surface area contributed by atoms with Gasteiger partial charge in [0.1, 0.15) is 0 Å². The molecule has 6 nitrogen and oxygen atoms in total. The van der Waals surface area contributed by atoms with Gasteiger partial charge in [-0.15, -0.1) is 0 Å². The molecule has 1 heterocycles. The summed E-state index contributed by atoms with van der Waals surface area (Å²) in [6.45, 7) is 5.10. The van der Waals surface area contributed by atoms with Crippen LogP contribution in [-0.2, 0) is 9.53 Å². The van der Waals surface area contributed by atoms with Crippen LogP contribution < -0.4 is 15.5 Å². The number of carbonyl (C=O) groups excluding carboxylic acids is 2. The number of amides is 2. The SMILES string of the molecule is Cc1ccccc1C(=O)NCCC(=O)Nc1cc(Br)ccc1N1CCOCC1. The summed E-state index contributed by atoms with van der Waals surface area (Å²) in [5.74, 6) is -0.306. The third-order valence-electron chi connectivity index (χ3n) is 4.61. The highest BCUT2D eigenvalue weighted by Gasteiger charge is 2.17. The van der Waals surface area contributed by atoms with E-state index in [1.807, 2.05) is 43.3 Å². The molecule has 0 bridgehead atoms. The zero-order chi connectivity index (χ0) is 19.9. The highest BCUT2D eigenvalue weighted by Crippen LogP contribution is 2.30. The van der Waals surface area contributed by atoms with Crippen LogP contribution in [0.15, 0.2) is 46.9 Å². The second-order valence-corrected chi connectivity index (χ2v) is 7.55. The molecule has 3 rings (SSSR count). The maximum absolute atomic E-state index is 12.4. The average Bonchev–Trinajstić information content (AvgIpc) is 2.69. The smallest absolute Gasteiger partial charge is 0.251 e. The molecule has 0 saturated carbocycles. The van der Waals surface area contributed by atoms with Crippen molar-refractivity contribution in [3.63, 3.8) is 0 Å². The molecular formula is C21H24BrN3O3. The molecule has 148 valence electrons. The summed E-state index contributed by atoms with van der Waals surface area (Å²) >= 11 is 3.46. The first-order valence-electron chi connectivity index (χ1n) is 9.30. The topological polar surface area (TPSA) is 70.7 Å². The third kappa shape index (κ3) is 5.33. The lowest BCUT2D eigenvalue weighted by Crippen LogP contribution is -2.36. The predicted octanol–water partition coefficient (Wildman–Crippen LogP) is 3.35. The van der Waals surface area contributed by atoms with Gasteiger partial charge in [-0.1, -0.05) is 34.1 Å². The molecule has 0 atom stereocenters. The Morgan fingerprint density at radius 2 is 1.89 bits per heavy atom. The lowest BCUT2D eigenvalue weighted by Gasteiger charge is -2.30. The molecule has 2 aromatic rings. The minimum absolute atomic E-state index is 0.141. The number of rotatable bonds is 6. The van der Waals surface area contributed by atoms with Crippen LogP contribution in [-0.4, -0.2) is 44.7 Å². The molecule has 2 amide bonds. The van der Waals surface area contributed by atoms with Gasteiger partial charge >= 0.3 is 0 Å². The van der Waals surface area contributed by atoms with Crippen LogP contribution in [0.3, 0.4) is 0 Å². The van der Waals surface area contributed by atoms with Gasteiger partial charge in [0, 0.05) is 36.1 Å². The fraction of sp³-hybridized carbons (Fsp3) is 0.333. The van der Waals surface area contributed by atoms with Crippen molar-refractivity contribution < 1.29 is 14.3 Å². The molecule has 2 N–H and O–H groups in total. The predicted molar refractivity (Wildman–Crippen MR) is 114 cm³/mol. The summed E-state index contributed by atoms with van der Waals surface area (Å²) in [7, 11) is 0. The second-order valence-electron chi connectivity index (χ2n) is 6.63. The number of aryl methyl sites for hydroxylation is 1. The first-order chi connectivity index (χ1) is 13.5. The van der Waals surface area contributed by atoms with Gasteiger partial charge in [-0.05, 0) is 36.8 Å². The zero-order valence-electron chi connectivity index (χ0n) is 15.8. The Morgan fingerprint density at radius 3 is 2.64 bits per heavy atom. The van der Waals surface area contributed by atoms with E-state index in [0.717, 1.165) is 34.5 Å². The van der Waals surface area contributed by atoms with E-state index in [1.165, 1.54) is 0 Å². The van der Waals surface area contributed by atoms with Crippen LogP contribution in [0, 0.1) is 6.92 Å². The maximum Gasteiger partial charge on any atom is 0.251 e. The molecule has 1 fully saturated rings. The van der Waals surface area contributed by atoms with Gasteiger partial charge in [-0.2, -0.15) is 0 Å². The van der Waals surface area contributed by atoms with Gasteiger partial charge in [0.25, 0.3) is 5.91 Å². The van der Waals surface area contributed by atoms with Crippen molar-refractivity contribution in [3.8, 4) is 0 Å². The minimum Gasteiger partial charge on any atom is -0.378 e. The number of nitrogens with zero attached hydrogens (tertiary/aromatic N) is 1. The van der Waals surface area contributed by atoms with Crippen LogP contribution in [0.2, 0.25) is 0 Å². The Morgan fingerprint density at radius 1 is 1.14 bits per heavy atom. The van der Waals surface area contributed by atoms with Crippen molar-refractivity contribution in [1.29, 1.82) is 0 Å². The normalized spacial score (nSPS) is 13.9. The summed E-state index contributed by atoms with van der Waals surface area (Å²) in [6.07, 6.45) is 0.201. The molecule has 1 saturated heterocycles. The standard InChI is InChI=1S/C21H24BrN3O3/c1-15-4-2-3-5-17(15)21(27)23-9-8-20(26)24-18-14-16(22)6-7-19(18)25-10-12-28-13-11-25/h2-7,14H,8-13H2,1H3,(H,23,27)(H,24,26). The molecule has 0 spiro atoms. The third-order valence-corrected chi connectivity index (χ3v) is 5.11. The number of hydrogen-bond acceptors (Lipinski definition) is 4. The monoisotopic (exact) mass is 445 g/mol. The Bertz CT molecular complexity index is 851. The summed E-state index contributed by atoms with van der Waals surface area (Å²) < 4.78 is 6.30. The first kappa shape index (κ1) is 20.4. The first-order valence-corrected chi connectivity index (χ1v) is 10.1. The number of morpholine rings is 1. The van der Waals surface area contributed by atoms with Gasteiger partial charge in [0.15, 0.2) is 0 Å². The fourth-order valence-electron chi connectivity index (χ4n) is 3.11. The van der Waals surface area contributed by atoms with Gasteiger partial charge < -0.3 is 20.3 Å². The van der Waals surface area contributed by atoms with Gasteiger partial charge in [0.2, 0.25) is 5.91 Å². The van der Waals surface area contributed by atoms with Crippen LogP contribution in [0.25, 0.3) is 0 Å². The molecule has 0 aliphatic carbocycles. The molecule has 0 aromatic heterocycles. The van der Waals surface area contributed by atoms with Gasteiger partial charge in [0.05, 0.1) is 24.6 Å². The van der Waals surface area contributed by atoms with E-state index in [2.05, 4.69) is 31.5 Å². The number of carbonyl (C=O) groups is 2. The Hall–Kier alpha value is -2.38. The summed E-state index contributed by atoms with van der Waals surface area (Å²) in [5, 5.41) is 5.78. The van der Waals surface area contributed by atoms with E-state index in [4.69, 9.17) is 4.74 Å². The molecule has 7 heteroatoms. The molecule has 1 aliphatic rings. The van der Waals surface area contributed by atoms with Crippen molar-refractivity contribution in [2.45, 2.75) is 13.3 Å². The Kier molecular flexibility index (Phi) is 7.06. The minimum atomic E-state index is -0.164. The average molecular weight is 446 g/mol. The Labute approximate surface area is 173 Å². The number of halogens is 1. The fourth-order valence-corrected chi connectivity index (χ4v) is 3.47. The molecule has 1 aliphatic heterocycles. The maximum atomic E-state index is 12.4. The van der Waals surface area contributed by atoms with Gasteiger partial charge in [-0.3, -0.25) is 9.59 Å². The van der Waals surface area contributed by atoms with Crippen molar-refractivity contribution in [2.24, 2.45) is 0 Å². The highest BCUT2D eigenvalue weighted by molar-refractivity contribution is 9.10. The van der Waals surface area contributed by atoms with Crippen LogP contribution in [0.5, 0.6) is 0 Å². The van der Waals surface area contributed by atoms with Crippen molar-refractivity contribution in [3.05, 3.63) is 58.1 Å². The van der Waals surface area contributed by atoms with Crippen molar-refractivity contribution >= 4 is 39.1 Å². The van der Waals surface area contributed by atoms with E-state index in [9.17, 15) is 9.59 Å². The lowest BCUT2D eigenvalue weighted by atomic mass is 10.1. The highest BCUT2D eigenvalue weighted by atomic mass is 79.9. The quantitative estimate of drug-likeness (QED) is 0.714. The van der Waals surface area contributed by atoms with E-state index in [0.29, 0.717) is 18.8 Å². The molecule has 0 radical (unpaired) electrons. The second kappa shape index (κ2) is 9.71. The number of anilines is 2. The van der Waals surface area contributed by atoms with E-state index >= 15 is 0 Å². The van der Waals surface area contributed by atoms with E-state index < -0.39 is 0 Å². The van der Waals surface area contributed by atoms with Crippen molar-refractivity contribution in [2.75, 3.05) is 43.1 Å². The van der Waals surface area contributed by atoms with Gasteiger partial charge in [-0.25, -0.2) is 0 Å². The van der Waals surface area contributed by atoms with Crippen molar-refractivity contribution in [1.82, 2.24) is 5.32 Å². The number of benzene rings is 2.